The van der Waals surface area contributed by atoms with Gasteiger partial charge in [-0.25, -0.2) is 9.59 Å². The number of carboxylic acids is 2. The highest BCUT2D eigenvalue weighted by Crippen LogP contribution is 2.37. The van der Waals surface area contributed by atoms with Gasteiger partial charge in [0.1, 0.15) is 49.0 Å². The summed E-state index contributed by atoms with van der Waals surface area (Å²) in [6.45, 7) is 13.6. The van der Waals surface area contributed by atoms with Crippen molar-refractivity contribution in [1.29, 1.82) is 0 Å². The number of carboxylic acid groups (broad SMARTS) is 2. The Morgan fingerprint density at radius 2 is 1.43 bits per heavy atom. The van der Waals surface area contributed by atoms with Crippen LogP contribution in [0.15, 0.2) is 23.8 Å². The number of likely N-dealkylation sites (N-methyl/N-ethyl adjacent to an activating group) is 1. The number of ether oxygens (including phenoxy) is 9. The van der Waals surface area contributed by atoms with Gasteiger partial charge < -0.3 is 98.3 Å². The van der Waals surface area contributed by atoms with E-state index in [1.165, 1.54) is 27.2 Å². The summed E-state index contributed by atoms with van der Waals surface area (Å²) in [5.74, 6) is -7.13. The Hall–Kier alpha value is -3.41. The molecule has 3 fully saturated rings. The first-order valence-electron chi connectivity index (χ1n) is 25.0. The molecule has 0 aromatic heterocycles. The third kappa shape index (κ3) is 17.3. The van der Waals surface area contributed by atoms with Crippen LogP contribution in [0.4, 0.5) is 0 Å². The van der Waals surface area contributed by atoms with E-state index in [-0.39, 0.29) is 31.7 Å². The van der Waals surface area contributed by atoms with Crippen molar-refractivity contribution in [2.75, 3.05) is 34.9 Å². The van der Waals surface area contributed by atoms with Gasteiger partial charge in [-0.2, -0.15) is 0 Å². The smallest absolute Gasteiger partial charge is 0.335 e. The van der Waals surface area contributed by atoms with Gasteiger partial charge in [-0.15, -0.1) is 0 Å². The number of aldehydes is 1. The molecule has 0 aromatic rings. The predicted octanol–water partition coefficient (Wildman–Crippen LogP) is -0.289. The molecule has 0 aromatic carbocycles. The number of allylic oxidation sites excluding steroid dienone is 3. The van der Waals surface area contributed by atoms with Gasteiger partial charge in [-0.1, -0.05) is 38.5 Å². The van der Waals surface area contributed by atoms with Crippen molar-refractivity contribution in [3.8, 4) is 0 Å². The number of hydrogen-bond donors (Lipinski definition) is 9. The lowest BCUT2D eigenvalue weighted by Crippen LogP contribution is -2.65. The first-order valence-corrected chi connectivity index (χ1v) is 25.0. The summed E-state index contributed by atoms with van der Waals surface area (Å²) in [4.78, 5) is 61.1. The second kappa shape index (κ2) is 29.4. The van der Waals surface area contributed by atoms with Crippen molar-refractivity contribution in [1.82, 2.24) is 4.90 Å². The van der Waals surface area contributed by atoms with Crippen LogP contribution in [0.5, 0.6) is 0 Å². The van der Waals surface area contributed by atoms with Gasteiger partial charge in [0.15, 0.2) is 36.9 Å². The highest BCUT2D eigenvalue weighted by molar-refractivity contribution is 5.91. The molecule has 23 atom stereocenters. The molecule has 0 amide bonds. The molecular formula is C50H83NO23. The van der Waals surface area contributed by atoms with E-state index in [1.807, 2.05) is 19.9 Å². The Kier molecular flexibility index (Phi) is 25.7. The second-order valence-corrected chi connectivity index (χ2v) is 20.3. The minimum atomic E-state index is -2.27. The third-order valence-electron chi connectivity index (χ3n) is 14.2. The zero-order valence-corrected chi connectivity index (χ0v) is 44.4. The maximum absolute atomic E-state index is 13.8. The number of methoxy groups -OCH3 is 2. The maximum Gasteiger partial charge on any atom is 0.335 e. The number of ketones is 1. The van der Waals surface area contributed by atoms with Gasteiger partial charge in [0.2, 0.25) is 0 Å². The van der Waals surface area contributed by atoms with E-state index in [1.54, 1.807) is 59.7 Å². The summed E-state index contributed by atoms with van der Waals surface area (Å²) >= 11 is 0. The Labute approximate surface area is 432 Å². The number of nitrogens with zero attached hydrogens (tertiary/aromatic N) is 1. The maximum atomic E-state index is 13.8. The standard InChI is InChI=1S/C46H77NO17.C4H6O6/c1-13-33-30(22-58-45-42(57-12)41(56-11)37(52)26(5)60-45)18-23(2)14-15-31(49)24(3)19-29(16-17-48)39(25(4)32(50)20-34(51)62-33)64-44-38(53)36(47(9)10)40(27(6)61-44)63-35-21-46(8,55)43(54)28(7)59-35;5-1(3(7)8)2(6)4(9)10/h14-15,17-18,24-30,32-33,35-45,50,52-55H,13,16,19-22H2,1-12H3;1-2,5-6H,(H,7,8)(H,9,10)/b15-14-,23-18+;/t24-,25+,26-,27-,28+,29+,30-,32-,33-,35+,36-,37-,38-,39-,40-,41-,42-,43+,44+,45-,46-;1-,2-/m11/s1. The lowest BCUT2D eigenvalue weighted by molar-refractivity contribution is -0.341. The Bertz CT molecular complexity index is 1850. The van der Waals surface area contributed by atoms with Crippen LogP contribution < -0.4 is 0 Å². The molecule has 0 radical (unpaired) electrons. The number of hydrogen-bond acceptors (Lipinski definition) is 22. The minimum absolute atomic E-state index is 0.00788. The fourth-order valence-corrected chi connectivity index (χ4v) is 9.78. The summed E-state index contributed by atoms with van der Waals surface area (Å²) in [5, 5.41) is 88.3. The molecule has 4 heterocycles. The molecule has 0 aliphatic carbocycles. The van der Waals surface area contributed by atoms with Crippen molar-refractivity contribution in [3.05, 3.63) is 23.8 Å². The molecule has 0 bridgehead atoms. The van der Waals surface area contributed by atoms with Gasteiger partial charge in [-0.05, 0) is 73.5 Å². The van der Waals surface area contributed by atoms with E-state index in [0.717, 1.165) is 6.29 Å². The molecule has 24 nitrogen and oxygen atoms in total. The van der Waals surface area contributed by atoms with Crippen LogP contribution in [-0.2, 0) is 66.6 Å². The molecule has 24 heteroatoms. The SMILES string of the molecule is CC[C@H]1OC(=O)C[C@@H](O)[C@H](C)[C@@H](O[C@@H]2O[C@H](C)[C@@H](O[C@H]3C[C@@](C)(O)[C@@H](O)[C@H](C)O3)[C@H](N(C)C)[C@H]2O)[C@@H](CC=O)C[C@@H](C)C(=O)/C=C\C(C)=C\[C@@H]1CO[C@@H]1O[C@H](C)[C@@H](O)[C@@H](OC)[C@H]1OC.O=C(O)[C@H](O)[C@@H](O)C(=O)O. The van der Waals surface area contributed by atoms with Gasteiger partial charge in [0, 0.05) is 44.8 Å². The summed E-state index contributed by atoms with van der Waals surface area (Å²) in [6, 6.07) is -0.748. The molecule has 74 heavy (non-hydrogen) atoms. The van der Waals surface area contributed by atoms with Crippen LogP contribution >= 0.6 is 0 Å². The van der Waals surface area contributed by atoms with E-state index in [9.17, 15) is 49.5 Å². The molecule has 0 unspecified atom stereocenters. The molecule has 4 aliphatic heterocycles. The van der Waals surface area contributed by atoms with Gasteiger partial charge in [0.25, 0.3) is 0 Å². The molecule has 4 rings (SSSR count). The van der Waals surface area contributed by atoms with E-state index in [2.05, 4.69) is 0 Å². The number of aliphatic carboxylic acids is 2. The number of carbonyl (C=O) groups is 5. The van der Waals surface area contributed by atoms with Crippen molar-refractivity contribution in [2.45, 2.75) is 203 Å². The van der Waals surface area contributed by atoms with Crippen LogP contribution in [0.2, 0.25) is 0 Å². The minimum Gasteiger partial charge on any atom is -0.479 e. The second-order valence-electron chi connectivity index (χ2n) is 20.3. The van der Waals surface area contributed by atoms with E-state index >= 15 is 0 Å². The molecule has 0 spiro atoms. The topological polar surface area (TPSA) is 354 Å². The van der Waals surface area contributed by atoms with Crippen LogP contribution in [0, 0.1) is 23.7 Å². The molecular weight excluding hydrogens is 983 g/mol. The number of rotatable bonds is 16. The Balaban J connectivity index is 0.00000130. The lowest BCUT2D eigenvalue weighted by atomic mass is 9.79. The number of aliphatic hydroxyl groups is 7. The van der Waals surface area contributed by atoms with Crippen molar-refractivity contribution in [3.63, 3.8) is 0 Å². The number of carbonyl (C=O) groups excluding carboxylic acids is 3. The van der Waals surface area contributed by atoms with Crippen LogP contribution in [0.1, 0.15) is 87.5 Å². The number of esters is 1. The number of aliphatic hydroxyl groups excluding tert-OH is 6. The highest BCUT2D eigenvalue weighted by Gasteiger charge is 2.52. The van der Waals surface area contributed by atoms with Crippen molar-refractivity contribution < 1.29 is 113 Å². The van der Waals surface area contributed by atoms with E-state index in [0.29, 0.717) is 12.0 Å². The number of cyclic esters (lactones) is 1. The average molecular weight is 1070 g/mol. The first kappa shape index (κ1) is 64.9. The zero-order chi connectivity index (χ0) is 56.1. The summed E-state index contributed by atoms with van der Waals surface area (Å²) < 4.78 is 54.7. The fourth-order valence-electron chi connectivity index (χ4n) is 9.78. The third-order valence-corrected chi connectivity index (χ3v) is 14.2. The summed E-state index contributed by atoms with van der Waals surface area (Å²) in [5.41, 5.74) is -0.806. The summed E-state index contributed by atoms with van der Waals surface area (Å²) in [6.07, 6.45) is -13.0. The van der Waals surface area contributed by atoms with Gasteiger partial charge in [-0.3, -0.25) is 9.59 Å². The van der Waals surface area contributed by atoms with Crippen LogP contribution in [0.3, 0.4) is 0 Å². The molecule has 3 saturated heterocycles. The van der Waals surface area contributed by atoms with Crippen molar-refractivity contribution >= 4 is 30.0 Å². The lowest BCUT2D eigenvalue weighted by Gasteiger charge is -2.50. The van der Waals surface area contributed by atoms with E-state index < -0.39 is 164 Å². The molecule has 4 aliphatic rings. The monoisotopic (exact) mass is 1070 g/mol. The van der Waals surface area contributed by atoms with Crippen molar-refractivity contribution in [2.24, 2.45) is 23.7 Å². The fraction of sp³-hybridized carbons (Fsp3) is 0.820. The molecule has 9 N–H and O–H groups in total. The zero-order valence-electron chi connectivity index (χ0n) is 44.4. The van der Waals surface area contributed by atoms with Gasteiger partial charge in [0.05, 0.1) is 55.2 Å². The van der Waals surface area contributed by atoms with Crippen LogP contribution in [-0.4, -0.2) is 232 Å². The molecule has 426 valence electrons. The predicted molar refractivity (Wildman–Crippen MR) is 258 cm³/mol. The quantitative estimate of drug-likeness (QED) is 0.0708. The van der Waals surface area contributed by atoms with Gasteiger partial charge >= 0.3 is 17.9 Å². The van der Waals surface area contributed by atoms with Crippen LogP contribution in [0.25, 0.3) is 0 Å². The Morgan fingerprint density at radius 3 is 1.96 bits per heavy atom. The summed E-state index contributed by atoms with van der Waals surface area (Å²) in [7, 11) is 6.43. The molecule has 0 saturated carbocycles. The Morgan fingerprint density at radius 1 is 0.838 bits per heavy atom. The highest BCUT2D eigenvalue weighted by atomic mass is 16.7. The van der Waals surface area contributed by atoms with E-state index in [4.69, 9.17) is 63.1 Å². The normalized spacial score (nSPS) is 41.9. The first-order chi connectivity index (χ1) is 34.5. The largest absolute Gasteiger partial charge is 0.479 e. The average Bonchev–Trinajstić information content (AvgIpc) is 3.33.